The van der Waals surface area contributed by atoms with Gasteiger partial charge in [-0.15, -0.1) is 0 Å². The second-order valence-corrected chi connectivity index (χ2v) is 8.09. The quantitative estimate of drug-likeness (QED) is 0.783. The van der Waals surface area contributed by atoms with Gasteiger partial charge in [0, 0.05) is 35.2 Å². The monoisotopic (exact) mass is 307 g/mol. The summed E-state index contributed by atoms with van der Waals surface area (Å²) in [7, 11) is 0. The summed E-state index contributed by atoms with van der Waals surface area (Å²) >= 11 is 0. The Morgan fingerprint density at radius 3 is 3.00 bits per heavy atom. The normalized spacial score (nSPS) is 39.0. The molecule has 5 atom stereocenters. The average Bonchev–Trinajstić information content (AvgIpc) is 3.01. The standard InChI is InChI=1S/C20H25N3/c1-2-6-16-12(4-1)13-9-11-23-17-8-7-15(20(23)19(13)22-16)18-14(17)5-3-10-21-18/h1-2,4,6,14-15,17-18,20-22H,3,5,7-11H2/t14-,15-,17+,18+,20+/m1/s1. The maximum atomic E-state index is 3.91. The Kier molecular flexibility index (Phi) is 2.61. The van der Waals surface area contributed by atoms with Gasteiger partial charge in [0.25, 0.3) is 0 Å². The minimum absolute atomic E-state index is 0.636. The molecule has 0 amide bonds. The molecule has 3 nitrogen and oxygen atoms in total. The van der Waals surface area contributed by atoms with E-state index in [0.29, 0.717) is 6.04 Å². The summed E-state index contributed by atoms with van der Waals surface area (Å²) in [6.45, 7) is 2.50. The van der Waals surface area contributed by atoms with Crippen molar-refractivity contribution in [3.8, 4) is 0 Å². The van der Waals surface area contributed by atoms with E-state index >= 15 is 0 Å². The van der Waals surface area contributed by atoms with Crippen molar-refractivity contribution in [2.24, 2.45) is 11.8 Å². The van der Waals surface area contributed by atoms with Gasteiger partial charge in [0.15, 0.2) is 0 Å². The topological polar surface area (TPSA) is 31.1 Å². The fraction of sp³-hybridized carbons (Fsp3) is 0.600. The molecule has 1 aliphatic carbocycles. The fourth-order valence-corrected chi connectivity index (χ4v) is 6.48. The molecule has 7 rings (SSSR count). The van der Waals surface area contributed by atoms with Crippen molar-refractivity contribution in [2.75, 3.05) is 13.1 Å². The largest absolute Gasteiger partial charge is 0.357 e. The van der Waals surface area contributed by atoms with Crippen LogP contribution in [-0.2, 0) is 6.42 Å². The van der Waals surface area contributed by atoms with Crippen molar-refractivity contribution in [2.45, 2.75) is 50.2 Å². The SMILES string of the molecule is c1ccc2c3c([nH]c2c1)[C@@H]1[C@@H]2CC[C@@H]([C@H]4CCCN[C@H]24)N1CC3. The molecule has 0 radical (unpaired) electrons. The molecular formula is C20H25N3. The highest BCUT2D eigenvalue weighted by Gasteiger charge is 2.55. The van der Waals surface area contributed by atoms with Crippen LogP contribution in [0.2, 0.25) is 0 Å². The molecular weight excluding hydrogens is 282 g/mol. The van der Waals surface area contributed by atoms with Crippen LogP contribution in [0.5, 0.6) is 0 Å². The van der Waals surface area contributed by atoms with Gasteiger partial charge in [-0.05, 0) is 62.1 Å². The van der Waals surface area contributed by atoms with Crippen molar-refractivity contribution in [3.05, 3.63) is 35.5 Å². The Bertz CT molecular complexity index is 763. The van der Waals surface area contributed by atoms with Crippen LogP contribution in [-0.4, -0.2) is 35.1 Å². The van der Waals surface area contributed by atoms with E-state index in [1.165, 1.54) is 56.1 Å². The molecule has 2 N–H and O–H groups in total. The molecule has 0 spiro atoms. The fourth-order valence-electron chi connectivity index (χ4n) is 6.48. The van der Waals surface area contributed by atoms with Crippen molar-refractivity contribution in [3.63, 3.8) is 0 Å². The summed E-state index contributed by atoms with van der Waals surface area (Å²) in [5, 5.41) is 5.38. The Morgan fingerprint density at radius 2 is 2.00 bits per heavy atom. The third-order valence-electron chi connectivity index (χ3n) is 7.26. The van der Waals surface area contributed by atoms with Gasteiger partial charge in [-0.1, -0.05) is 18.2 Å². The van der Waals surface area contributed by atoms with Crippen LogP contribution < -0.4 is 5.32 Å². The number of nitrogens with zero attached hydrogens (tertiary/aromatic N) is 1. The van der Waals surface area contributed by atoms with Gasteiger partial charge in [0.1, 0.15) is 0 Å². The molecule has 0 unspecified atom stereocenters. The second-order valence-electron chi connectivity index (χ2n) is 8.09. The Labute approximate surface area is 137 Å². The Morgan fingerprint density at radius 1 is 1.04 bits per heavy atom. The van der Waals surface area contributed by atoms with Gasteiger partial charge in [-0.3, -0.25) is 4.90 Å². The molecule has 5 aliphatic rings. The molecule has 23 heavy (non-hydrogen) atoms. The lowest BCUT2D eigenvalue weighted by atomic mass is 9.61. The van der Waals surface area contributed by atoms with Crippen molar-refractivity contribution >= 4 is 10.9 Å². The number of rotatable bonds is 0. The van der Waals surface area contributed by atoms with E-state index in [-0.39, 0.29) is 0 Å². The molecule has 2 bridgehead atoms. The van der Waals surface area contributed by atoms with E-state index in [9.17, 15) is 0 Å². The molecule has 4 aliphatic heterocycles. The van der Waals surface area contributed by atoms with Gasteiger partial charge in [-0.25, -0.2) is 0 Å². The molecule has 1 aromatic heterocycles. The molecule has 3 saturated heterocycles. The highest BCUT2D eigenvalue weighted by molar-refractivity contribution is 5.85. The van der Waals surface area contributed by atoms with Crippen LogP contribution in [0.3, 0.4) is 0 Å². The van der Waals surface area contributed by atoms with Crippen molar-refractivity contribution < 1.29 is 0 Å². The number of piperidine rings is 3. The molecule has 120 valence electrons. The predicted molar refractivity (Wildman–Crippen MR) is 92.5 cm³/mol. The highest BCUT2D eigenvalue weighted by atomic mass is 15.3. The summed E-state index contributed by atoms with van der Waals surface area (Å²) < 4.78 is 0. The number of benzene rings is 1. The maximum absolute atomic E-state index is 3.91. The molecule has 1 aromatic carbocycles. The number of nitrogens with one attached hydrogen (secondary N) is 2. The summed E-state index contributed by atoms with van der Waals surface area (Å²) in [5.74, 6) is 1.71. The van der Waals surface area contributed by atoms with Crippen LogP contribution >= 0.6 is 0 Å². The smallest absolute Gasteiger partial charge is 0.0547 e. The van der Waals surface area contributed by atoms with Crippen molar-refractivity contribution in [1.29, 1.82) is 0 Å². The average molecular weight is 307 g/mol. The van der Waals surface area contributed by atoms with Crippen LogP contribution in [0, 0.1) is 11.8 Å². The summed E-state index contributed by atoms with van der Waals surface area (Å²) in [6.07, 6.45) is 6.89. The zero-order valence-electron chi connectivity index (χ0n) is 13.6. The third kappa shape index (κ3) is 1.62. The molecule has 1 saturated carbocycles. The summed E-state index contributed by atoms with van der Waals surface area (Å²) in [4.78, 5) is 6.72. The third-order valence-corrected chi connectivity index (χ3v) is 7.26. The van der Waals surface area contributed by atoms with E-state index in [1.807, 2.05) is 0 Å². The van der Waals surface area contributed by atoms with E-state index in [2.05, 4.69) is 39.5 Å². The van der Waals surface area contributed by atoms with Crippen molar-refractivity contribution in [1.82, 2.24) is 15.2 Å². The van der Waals surface area contributed by atoms with Gasteiger partial charge in [-0.2, -0.15) is 0 Å². The van der Waals surface area contributed by atoms with E-state index in [0.717, 1.165) is 23.9 Å². The van der Waals surface area contributed by atoms with Crippen LogP contribution in [0.4, 0.5) is 0 Å². The number of H-pyrrole nitrogens is 1. The number of hydrogen-bond donors (Lipinski definition) is 2. The molecule has 4 fully saturated rings. The van der Waals surface area contributed by atoms with Gasteiger partial charge in [0.2, 0.25) is 0 Å². The van der Waals surface area contributed by atoms with E-state index in [1.54, 1.807) is 11.3 Å². The first-order chi connectivity index (χ1) is 11.4. The van der Waals surface area contributed by atoms with Gasteiger partial charge < -0.3 is 10.3 Å². The lowest BCUT2D eigenvalue weighted by Gasteiger charge is -2.61. The van der Waals surface area contributed by atoms with Gasteiger partial charge >= 0.3 is 0 Å². The molecule has 2 aromatic rings. The number of para-hydroxylation sites is 1. The number of fused-ring (bicyclic) bond motifs is 4. The molecule has 3 heteroatoms. The van der Waals surface area contributed by atoms with Crippen LogP contribution in [0.15, 0.2) is 24.3 Å². The summed E-state index contributed by atoms with van der Waals surface area (Å²) in [6, 6.07) is 11.1. The van der Waals surface area contributed by atoms with Crippen LogP contribution in [0.1, 0.15) is 43.0 Å². The minimum Gasteiger partial charge on any atom is -0.357 e. The highest BCUT2D eigenvalue weighted by Crippen LogP contribution is 2.54. The zero-order chi connectivity index (χ0) is 15.0. The van der Waals surface area contributed by atoms with Gasteiger partial charge in [0.05, 0.1) is 6.04 Å². The maximum Gasteiger partial charge on any atom is 0.0547 e. The first-order valence-electron chi connectivity index (χ1n) is 9.50. The first kappa shape index (κ1) is 13.0. The van der Waals surface area contributed by atoms with E-state index < -0.39 is 0 Å². The second kappa shape index (κ2) is 4.61. The lowest BCUT2D eigenvalue weighted by Crippen LogP contribution is -2.67. The Hall–Kier alpha value is -1.32. The Balaban J connectivity index is 1.50. The minimum atomic E-state index is 0.636. The van der Waals surface area contributed by atoms with Crippen LogP contribution in [0.25, 0.3) is 10.9 Å². The number of aromatic amines is 1. The lowest BCUT2D eigenvalue weighted by molar-refractivity contribution is -0.0920. The summed E-state index contributed by atoms with van der Waals surface area (Å²) in [5.41, 5.74) is 4.51. The number of hydrogen-bond acceptors (Lipinski definition) is 2. The number of aromatic nitrogens is 1. The molecule has 5 heterocycles. The first-order valence-corrected chi connectivity index (χ1v) is 9.50. The zero-order valence-corrected chi connectivity index (χ0v) is 13.6. The van der Waals surface area contributed by atoms with E-state index in [4.69, 9.17) is 0 Å². The predicted octanol–water partition coefficient (Wildman–Crippen LogP) is 3.23.